The summed E-state index contributed by atoms with van der Waals surface area (Å²) in [6, 6.07) is -0.479. The third-order valence-electron chi connectivity index (χ3n) is 5.17. The first-order valence-corrected chi connectivity index (χ1v) is 9.71. The molecular formula is C19H34N2O4. The number of hydrogen-bond acceptors (Lipinski definition) is 4. The quantitative estimate of drug-likeness (QED) is 0.764. The van der Waals surface area contributed by atoms with Gasteiger partial charge in [0, 0.05) is 12.6 Å². The van der Waals surface area contributed by atoms with Crippen molar-refractivity contribution in [2.75, 3.05) is 13.1 Å². The number of amides is 1. The lowest BCUT2D eigenvalue weighted by Gasteiger charge is -2.32. The number of alkyl carbamates (subject to hydrolysis) is 1. The molecule has 0 radical (unpaired) electrons. The van der Waals surface area contributed by atoms with Crippen LogP contribution in [0.4, 0.5) is 4.79 Å². The summed E-state index contributed by atoms with van der Waals surface area (Å²) in [5.41, 5.74) is -0.531. The van der Waals surface area contributed by atoms with Gasteiger partial charge in [-0.2, -0.15) is 0 Å². The van der Waals surface area contributed by atoms with Crippen LogP contribution in [0.3, 0.4) is 0 Å². The van der Waals surface area contributed by atoms with Gasteiger partial charge < -0.3 is 15.2 Å². The minimum atomic E-state index is -0.758. The van der Waals surface area contributed by atoms with Crippen LogP contribution in [0.5, 0.6) is 0 Å². The maximum Gasteiger partial charge on any atom is 0.407 e. The summed E-state index contributed by atoms with van der Waals surface area (Å²) >= 11 is 0. The van der Waals surface area contributed by atoms with Crippen molar-refractivity contribution in [3.8, 4) is 0 Å². The number of aliphatic carboxylic acids is 1. The normalized spacial score (nSPS) is 24.0. The van der Waals surface area contributed by atoms with E-state index in [-0.39, 0.29) is 6.04 Å². The zero-order valence-electron chi connectivity index (χ0n) is 15.9. The van der Waals surface area contributed by atoms with E-state index in [0.717, 1.165) is 19.4 Å². The molecule has 1 amide bonds. The zero-order valence-corrected chi connectivity index (χ0v) is 15.9. The molecule has 1 heterocycles. The number of carbonyl (C=O) groups excluding carboxylic acids is 1. The average molecular weight is 354 g/mol. The summed E-state index contributed by atoms with van der Waals surface area (Å²) in [6.07, 6.45) is 8.31. The number of nitrogens with one attached hydrogen (secondary N) is 1. The number of nitrogens with zero attached hydrogens (tertiary/aromatic N) is 1. The second-order valence-electron chi connectivity index (χ2n) is 8.57. The van der Waals surface area contributed by atoms with Crippen LogP contribution in [0.15, 0.2) is 0 Å². The molecule has 0 aromatic carbocycles. The molecule has 2 atom stereocenters. The van der Waals surface area contributed by atoms with Crippen LogP contribution < -0.4 is 5.32 Å². The third kappa shape index (κ3) is 6.84. The molecule has 2 fully saturated rings. The number of carboxylic acid groups (broad SMARTS) is 1. The minimum absolute atomic E-state index is 0.0575. The summed E-state index contributed by atoms with van der Waals surface area (Å²) in [7, 11) is 0. The van der Waals surface area contributed by atoms with Crippen LogP contribution in [0.2, 0.25) is 0 Å². The van der Waals surface area contributed by atoms with E-state index in [4.69, 9.17) is 4.74 Å². The van der Waals surface area contributed by atoms with Crippen molar-refractivity contribution in [1.82, 2.24) is 10.2 Å². The summed E-state index contributed by atoms with van der Waals surface area (Å²) in [5.74, 6) is -0.147. The highest BCUT2D eigenvalue weighted by Gasteiger charge is 2.33. The Hall–Kier alpha value is -1.30. The highest BCUT2D eigenvalue weighted by molar-refractivity contribution is 5.73. The lowest BCUT2D eigenvalue weighted by molar-refractivity contribution is -0.142. The average Bonchev–Trinajstić information content (AvgIpc) is 2.94. The van der Waals surface area contributed by atoms with Gasteiger partial charge in [0.2, 0.25) is 0 Å². The van der Waals surface area contributed by atoms with E-state index in [1.165, 1.54) is 32.1 Å². The molecule has 1 saturated heterocycles. The Kier molecular flexibility index (Phi) is 7.11. The van der Waals surface area contributed by atoms with Crippen molar-refractivity contribution in [3.63, 3.8) is 0 Å². The summed E-state index contributed by atoms with van der Waals surface area (Å²) in [6.45, 7) is 6.93. The van der Waals surface area contributed by atoms with Crippen molar-refractivity contribution in [2.24, 2.45) is 5.92 Å². The molecule has 0 unspecified atom stereocenters. The predicted molar refractivity (Wildman–Crippen MR) is 96.6 cm³/mol. The van der Waals surface area contributed by atoms with Crippen molar-refractivity contribution in [1.29, 1.82) is 0 Å². The molecule has 2 rings (SSSR count). The number of rotatable bonds is 6. The smallest absolute Gasteiger partial charge is 0.407 e. The topological polar surface area (TPSA) is 78.9 Å². The maximum absolute atomic E-state index is 12.2. The van der Waals surface area contributed by atoms with Crippen molar-refractivity contribution >= 4 is 12.1 Å². The van der Waals surface area contributed by atoms with Crippen molar-refractivity contribution in [3.05, 3.63) is 0 Å². The Balaban J connectivity index is 1.97. The van der Waals surface area contributed by atoms with Gasteiger partial charge in [-0.05, 0) is 52.5 Å². The van der Waals surface area contributed by atoms with Crippen molar-refractivity contribution < 1.29 is 19.4 Å². The Morgan fingerprint density at radius 1 is 1.16 bits per heavy atom. The van der Waals surface area contributed by atoms with E-state index in [1.807, 2.05) is 25.7 Å². The monoisotopic (exact) mass is 354 g/mol. The Labute approximate surface area is 151 Å². The van der Waals surface area contributed by atoms with Gasteiger partial charge in [-0.1, -0.05) is 32.1 Å². The largest absolute Gasteiger partial charge is 0.480 e. The molecule has 1 aliphatic heterocycles. The first-order chi connectivity index (χ1) is 11.7. The summed E-state index contributed by atoms with van der Waals surface area (Å²) in [4.78, 5) is 25.7. The van der Waals surface area contributed by atoms with Crippen LogP contribution in [-0.2, 0) is 9.53 Å². The van der Waals surface area contributed by atoms with E-state index in [0.29, 0.717) is 18.9 Å². The number of likely N-dealkylation sites (tertiary alicyclic amines) is 1. The highest BCUT2D eigenvalue weighted by Crippen LogP contribution is 2.28. The van der Waals surface area contributed by atoms with Gasteiger partial charge in [-0.25, -0.2) is 4.79 Å². The van der Waals surface area contributed by atoms with E-state index < -0.39 is 23.7 Å². The Morgan fingerprint density at radius 2 is 1.84 bits per heavy atom. The van der Waals surface area contributed by atoms with Gasteiger partial charge >= 0.3 is 12.1 Å². The molecule has 1 saturated carbocycles. The molecule has 2 aliphatic rings. The van der Waals surface area contributed by atoms with Gasteiger partial charge in [0.05, 0.1) is 0 Å². The van der Waals surface area contributed by atoms with Crippen LogP contribution in [0.25, 0.3) is 0 Å². The predicted octanol–water partition coefficient (Wildman–Crippen LogP) is 3.40. The summed E-state index contributed by atoms with van der Waals surface area (Å²) in [5, 5.41) is 12.4. The minimum Gasteiger partial charge on any atom is -0.480 e. The molecular weight excluding hydrogens is 320 g/mol. The second kappa shape index (κ2) is 8.88. The molecule has 1 aliphatic carbocycles. The van der Waals surface area contributed by atoms with E-state index in [9.17, 15) is 14.7 Å². The fourth-order valence-electron chi connectivity index (χ4n) is 4.09. The first-order valence-electron chi connectivity index (χ1n) is 9.71. The molecule has 0 bridgehead atoms. The van der Waals surface area contributed by atoms with Crippen LogP contribution in [0, 0.1) is 5.92 Å². The Morgan fingerprint density at radius 3 is 2.44 bits per heavy atom. The van der Waals surface area contributed by atoms with Crippen molar-refractivity contribution in [2.45, 2.75) is 89.8 Å². The SMILES string of the molecule is CC(C)(C)OC(=O)N[C@@H](CC1CCCCC1)CN1CCC[C@H]1C(=O)O. The van der Waals surface area contributed by atoms with Gasteiger partial charge in [0.1, 0.15) is 11.6 Å². The summed E-state index contributed by atoms with van der Waals surface area (Å²) < 4.78 is 5.41. The molecule has 0 spiro atoms. The van der Waals surface area contributed by atoms with E-state index >= 15 is 0 Å². The van der Waals surface area contributed by atoms with Gasteiger partial charge in [0.25, 0.3) is 0 Å². The standard InChI is InChI=1S/C19H34N2O4/c1-19(2,3)25-18(24)20-15(12-14-8-5-4-6-9-14)13-21-11-7-10-16(21)17(22)23/h14-16H,4-13H2,1-3H3,(H,20,24)(H,22,23)/t15-,16-/m0/s1. The third-order valence-corrected chi connectivity index (χ3v) is 5.17. The molecule has 6 heteroatoms. The lowest BCUT2D eigenvalue weighted by Crippen LogP contribution is -2.49. The fraction of sp³-hybridized carbons (Fsp3) is 0.895. The molecule has 0 aromatic heterocycles. The van der Waals surface area contributed by atoms with Gasteiger partial charge in [0.15, 0.2) is 0 Å². The second-order valence-corrected chi connectivity index (χ2v) is 8.57. The highest BCUT2D eigenvalue weighted by atomic mass is 16.6. The van der Waals surface area contributed by atoms with Crippen LogP contribution in [-0.4, -0.2) is 52.8 Å². The molecule has 144 valence electrons. The molecule has 25 heavy (non-hydrogen) atoms. The van der Waals surface area contributed by atoms with Crippen LogP contribution in [0.1, 0.15) is 72.1 Å². The van der Waals surface area contributed by atoms with Crippen LogP contribution >= 0.6 is 0 Å². The molecule has 2 N–H and O–H groups in total. The number of hydrogen-bond donors (Lipinski definition) is 2. The number of carbonyl (C=O) groups is 2. The molecule has 6 nitrogen and oxygen atoms in total. The lowest BCUT2D eigenvalue weighted by atomic mass is 9.84. The number of carboxylic acids is 1. The van der Waals surface area contributed by atoms with E-state index in [2.05, 4.69) is 5.32 Å². The van der Waals surface area contributed by atoms with E-state index in [1.54, 1.807) is 0 Å². The fourth-order valence-corrected chi connectivity index (χ4v) is 4.09. The molecule has 0 aromatic rings. The van der Waals surface area contributed by atoms with Gasteiger partial charge in [-0.15, -0.1) is 0 Å². The zero-order chi connectivity index (χ0) is 18.4. The first kappa shape index (κ1) is 20.0. The van der Waals surface area contributed by atoms with Gasteiger partial charge in [-0.3, -0.25) is 9.69 Å². The number of ether oxygens (including phenoxy) is 1. The Bertz CT molecular complexity index is 455. The maximum atomic E-state index is 12.2.